The lowest BCUT2D eigenvalue weighted by Gasteiger charge is -2.26. The Labute approximate surface area is 253 Å². The first kappa shape index (κ1) is 28.8. The van der Waals surface area contributed by atoms with Crippen LogP contribution >= 0.6 is 11.3 Å². The molecule has 43 heavy (non-hydrogen) atoms. The molecule has 1 aliphatic heterocycles. The van der Waals surface area contributed by atoms with E-state index in [9.17, 15) is 20.0 Å². The second-order valence-corrected chi connectivity index (χ2v) is 12.3. The number of aliphatic hydroxyl groups excluding tert-OH is 1. The Kier molecular flexibility index (Phi) is 8.38. The molecule has 3 N–H and O–H groups in total. The van der Waals surface area contributed by atoms with Gasteiger partial charge in [-0.25, -0.2) is 9.67 Å². The lowest BCUT2D eigenvalue weighted by Crippen LogP contribution is -2.39. The number of nitrogens with zero attached hydrogens (tertiary/aromatic N) is 6. The molecule has 6 rings (SSSR count). The molecule has 1 saturated carbocycles. The molecule has 0 spiro atoms. The quantitative estimate of drug-likeness (QED) is 0.176. The molecule has 0 radical (unpaired) electrons. The van der Waals surface area contributed by atoms with E-state index in [0.29, 0.717) is 36.4 Å². The van der Waals surface area contributed by atoms with Gasteiger partial charge in [0.2, 0.25) is 5.95 Å². The SMILES string of the molecule is C[C@@H](CO)NCc1ccc2c(c1)nc(NC(=O)c1ccc(-n3cccn3)s1)n2C[C@H]1CCCN1C(=O)C(C#N)=CC1CC1. The van der Waals surface area contributed by atoms with E-state index in [1.165, 1.54) is 11.3 Å². The third kappa shape index (κ3) is 6.39. The topological polar surface area (TPSA) is 141 Å². The number of aromatic nitrogens is 4. The van der Waals surface area contributed by atoms with Gasteiger partial charge in [-0.15, -0.1) is 11.3 Å². The van der Waals surface area contributed by atoms with E-state index in [-0.39, 0.29) is 36.1 Å². The predicted octanol–water partition coefficient (Wildman–Crippen LogP) is 3.86. The van der Waals surface area contributed by atoms with E-state index in [2.05, 4.69) is 21.8 Å². The molecule has 2 atom stereocenters. The molecule has 2 fully saturated rings. The Morgan fingerprint density at radius 3 is 2.86 bits per heavy atom. The maximum Gasteiger partial charge on any atom is 0.268 e. The second kappa shape index (κ2) is 12.5. The zero-order chi connectivity index (χ0) is 29.9. The minimum atomic E-state index is -0.280. The van der Waals surface area contributed by atoms with E-state index >= 15 is 0 Å². The first-order valence-electron chi connectivity index (χ1n) is 14.6. The van der Waals surface area contributed by atoms with Crippen LogP contribution in [0.4, 0.5) is 5.95 Å². The van der Waals surface area contributed by atoms with Crippen LogP contribution in [0.1, 0.15) is 47.8 Å². The van der Waals surface area contributed by atoms with Crippen LogP contribution in [-0.2, 0) is 17.9 Å². The third-order valence-electron chi connectivity index (χ3n) is 7.92. The van der Waals surface area contributed by atoms with Crippen molar-refractivity contribution in [1.29, 1.82) is 5.26 Å². The van der Waals surface area contributed by atoms with Crippen molar-refractivity contribution >= 4 is 40.1 Å². The van der Waals surface area contributed by atoms with Crippen molar-refractivity contribution in [3.8, 4) is 11.1 Å². The number of rotatable bonds is 11. The molecule has 0 bridgehead atoms. The van der Waals surface area contributed by atoms with Gasteiger partial charge in [0.15, 0.2) is 0 Å². The molecule has 11 nitrogen and oxygen atoms in total. The van der Waals surface area contributed by atoms with E-state index < -0.39 is 0 Å². The molecule has 222 valence electrons. The van der Waals surface area contributed by atoms with Crippen LogP contribution in [0, 0.1) is 17.2 Å². The van der Waals surface area contributed by atoms with Gasteiger partial charge in [0.25, 0.3) is 11.8 Å². The van der Waals surface area contributed by atoms with Crippen LogP contribution in [0.2, 0.25) is 0 Å². The highest BCUT2D eigenvalue weighted by atomic mass is 32.1. The first-order chi connectivity index (χ1) is 20.9. The predicted molar refractivity (Wildman–Crippen MR) is 164 cm³/mol. The summed E-state index contributed by atoms with van der Waals surface area (Å²) < 4.78 is 3.68. The number of nitriles is 1. The molecule has 4 aromatic rings. The standard InChI is InChI=1S/C31H34N8O3S/c1-20(19-40)33-17-22-7-8-26-25(15-22)35-31(36-29(41)27-9-10-28(43-27)39-13-3-11-34-39)38(26)18-24-4-2-12-37(24)30(42)23(16-32)14-21-5-6-21/h3,7-11,13-15,20-21,24,33,40H,2,4-6,12,17-19H2,1H3,(H,35,36,41)/t20-,24+/m0/s1. The Balaban J connectivity index is 1.29. The highest BCUT2D eigenvalue weighted by Gasteiger charge is 2.33. The van der Waals surface area contributed by atoms with Crippen LogP contribution in [0.5, 0.6) is 0 Å². The number of allylic oxidation sites excluding steroid dienone is 1. The number of fused-ring (bicyclic) bond motifs is 1. The Morgan fingerprint density at radius 2 is 2.12 bits per heavy atom. The number of nitrogens with one attached hydrogen (secondary N) is 2. The summed E-state index contributed by atoms with van der Waals surface area (Å²) in [5, 5.41) is 30.4. The van der Waals surface area contributed by atoms with Crippen LogP contribution in [0.25, 0.3) is 16.0 Å². The third-order valence-corrected chi connectivity index (χ3v) is 8.99. The number of hydrogen-bond acceptors (Lipinski definition) is 8. The van der Waals surface area contributed by atoms with Crippen molar-refractivity contribution in [3.63, 3.8) is 0 Å². The zero-order valence-electron chi connectivity index (χ0n) is 23.9. The maximum absolute atomic E-state index is 13.4. The molecular formula is C31H34N8O3S. The molecule has 2 aliphatic rings. The lowest BCUT2D eigenvalue weighted by molar-refractivity contribution is -0.127. The number of anilines is 1. The summed E-state index contributed by atoms with van der Waals surface area (Å²) in [7, 11) is 0. The number of aliphatic hydroxyl groups is 1. The summed E-state index contributed by atoms with van der Waals surface area (Å²) in [6.45, 7) is 3.54. The summed E-state index contributed by atoms with van der Waals surface area (Å²) in [5.74, 6) is 0.227. The number of thiophene rings is 1. The fraction of sp³-hybridized carbons (Fsp3) is 0.387. The van der Waals surface area contributed by atoms with Gasteiger partial charge in [-0.3, -0.25) is 14.9 Å². The Bertz CT molecular complexity index is 1700. The Morgan fingerprint density at radius 1 is 1.26 bits per heavy atom. The fourth-order valence-electron chi connectivity index (χ4n) is 5.37. The van der Waals surface area contributed by atoms with E-state index in [0.717, 1.165) is 47.3 Å². The number of benzene rings is 1. The van der Waals surface area contributed by atoms with Gasteiger partial charge in [0.05, 0.1) is 28.6 Å². The maximum atomic E-state index is 13.4. The molecule has 1 aliphatic carbocycles. The number of likely N-dealkylation sites (tertiary alicyclic amines) is 1. The lowest BCUT2D eigenvalue weighted by atomic mass is 10.1. The average Bonchev–Trinajstić information content (AvgIpc) is 3.47. The normalized spacial score (nSPS) is 17.7. The molecule has 4 heterocycles. The van der Waals surface area contributed by atoms with Crippen molar-refractivity contribution < 1.29 is 14.7 Å². The van der Waals surface area contributed by atoms with Crippen molar-refractivity contribution in [2.75, 3.05) is 18.5 Å². The highest BCUT2D eigenvalue weighted by Crippen LogP contribution is 2.33. The van der Waals surface area contributed by atoms with Crippen LogP contribution in [0.15, 0.2) is 60.4 Å². The number of hydrogen-bond donors (Lipinski definition) is 3. The minimum Gasteiger partial charge on any atom is -0.395 e. The molecule has 1 saturated heterocycles. The summed E-state index contributed by atoms with van der Waals surface area (Å²) >= 11 is 1.33. The Hall–Kier alpha value is -4.31. The summed E-state index contributed by atoms with van der Waals surface area (Å²) in [5.41, 5.74) is 2.78. The van der Waals surface area contributed by atoms with Gasteiger partial charge in [0, 0.05) is 38.1 Å². The second-order valence-electron chi connectivity index (χ2n) is 11.2. The van der Waals surface area contributed by atoms with Gasteiger partial charge in [-0.2, -0.15) is 10.4 Å². The van der Waals surface area contributed by atoms with Crippen molar-refractivity contribution in [2.24, 2.45) is 5.92 Å². The van der Waals surface area contributed by atoms with Gasteiger partial charge in [-0.1, -0.05) is 12.1 Å². The molecule has 3 aromatic heterocycles. The number of carbonyl (C=O) groups is 2. The summed E-state index contributed by atoms with van der Waals surface area (Å²) in [6, 6.07) is 13.3. The summed E-state index contributed by atoms with van der Waals surface area (Å²) in [6.07, 6.45) is 9.02. The van der Waals surface area contributed by atoms with Gasteiger partial charge in [0.1, 0.15) is 16.6 Å². The van der Waals surface area contributed by atoms with Crippen molar-refractivity contribution in [2.45, 2.75) is 57.8 Å². The zero-order valence-corrected chi connectivity index (χ0v) is 24.8. The van der Waals surface area contributed by atoms with E-state index in [1.807, 2.05) is 54.1 Å². The number of amides is 2. The van der Waals surface area contributed by atoms with Crippen molar-refractivity contribution in [3.05, 3.63) is 70.9 Å². The molecule has 12 heteroatoms. The minimum absolute atomic E-state index is 0.0395. The van der Waals surface area contributed by atoms with E-state index in [4.69, 9.17) is 4.98 Å². The van der Waals surface area contributed by atoms with Crippen molar-refractivity contribution in [1.82, 2.24) is 29.5 Å². The molecular weight excluding hydrogens is 564 g/mol. The summed E-state index contributed by atoms with van der Waals surface area (Å²) in [4.78, 5) is 34.0. The first-order valence-corrected chi connectivity index (χ1v) is 15.4. The highest BCUT2D eigenvalue weighted by molar-refractivity contribution is 7.16. The number of carbonyl (C=O) groups excluding carboxylic acids is 2. The molecule has 0 unspecified atom stereocenters. The molecule has 1 aromatic carbocycles. The molecule has 2 amide bonds. The largest absolute Gasteiger partial charge is 0.395 e. The smallest absolute Gasteiger partial charge is 0.268 e. The van der Waals surface area contributed by atoms with Crippen LogP contribution in [-0.4, -0.2) is 66.4 Å². The van der Waals surface area contributed by atoms with E-state index in [1.54, 1.807) is 21.8 Å². The van der Waals surface area contributed by atoms with Gasteiger partial charge in [-0.05, 0) is 74.4 Å². The average molecular weight is 599 g/mol. The van der Waals surface area contributed by atoms with Crippen LogP contribution in [0.3, 0.4) is 0 Å². The monoisotopic (exact) mass is 598 g/mol. The van der Waals surface area contributed by atoms with Gasteiger partial charge >= 0.3 is 0 Å². The number of imidazole rings is 1. The fourth-order valence-corrected chi connectivity index (χ4v) is 6.21. The van der Waals surface area contributed by atoms with Gasteiger partial charge < -0.3 is 19.9 Å². The van der Waals surface area contributed by atoms with Crippen LogP contribution < -0.4 is 10.6 Å².